The molecule has 0 aliphatic carbocycles. The molecule has 0 atom stereocenters. The zero-order chi connectivity index (χ0) is 21.9. The molecule has 0 amide bonds. The molecule has 0 fully saturated rings. The van der Waals surface area contributed by atoms with E-state index >= 15 is 0 Å². The average molecular weight is 426 g/mol. The van der Waals surface area contributed by atoms with E-state index in [2.05, 4.69) is 18.6 Å². The minimum atomic E-state index is -3.95. The summed E-state index contributed by atoms with van der Waals surface area (Å²) in [5.41, 5.74) is 2.57. The minimum absolute atomic E-state index is 0.0581. The van der Waals surface area contributed by atoms with E-state index in [4.69, 9.17) is 5.11 Å². The molecule has 3 rings (SSSR count). The van der Waals surface area contributed by atoms with Crippen LogP contribution >= 0.6 is 0 Å². The van der Waals surface area contributed by atoms with Crippen LogP contribution in [0.5, 0.6) is 5.75 Å². The number of carboxylic acids is 1. The second-order valence-corrected chi connectivity index (χ2v) is 9.11. The Morgan fingerprint density at radius 1 is 1.00 bits per heavy atom. The Balaban J connectivity index is 2.00. The van der Waals surface area contributed by atoms with Crippen LogP contribution in [0.2, 0.25) is 0 Å². The number of aromatic hydroxyl groups is 1. The molecule has 0 saturated carbocycles. The molecule has 30 heavy (non-hydrogen) atoms. The topological polar surface area (TPSA) is 104 Å². The Kier molecular flexibility index (Phi) is 6.12. The Morgan fingerprint density at radius 3 is 2.33 bits per heavy atom. The third-order valence-corrected chi connectivity index (χ3v) is 5.96. The highest BCUT2D eigenvalue weighted by atomic mass is 32.2. The second kappa shape index (κ2) is 8.59. The number of anilines is 1. The van der Waals surface area contributed by atoms with Crippen LogP contribution in [-0.2, 0) is 16.4 Å². The van der Waals surface area contributed by atoms with Crippen LogP contribution < -0.4 is 4.72 Å². The zero-order valence-electron chi connectivity index (χ0n) is 16.7. The van der Waals surface area contributed by atoms with Crippen molar-refractivity contribution in [1.82, 2.24) is 0 Å². The monoisotopic (exact) mass is 425 g/mol. The van der Waals surface area contributed by atoms with E-state index in [1.807, 2.05) is 30.3 Å². The maximum Gasteiger partial charge on any atom is 0.339 e. The molecule has 0 spiro atoms. The summed E-state index contributed by atoms with van der Waals surface area (Å²) in [6.07, 6.45) is 0.704. The second-order valence-electron chi connectivity index (χ2n) is 7.43. The molecule has 3 aromatic carbocycles. The predicted octanol–water partition coefficient (Wildman–Crippen LogP) is 4.76. The molecule has 0 radical (unpaired) electrons. The third-order valence-electron chi connectivity index (χ3n) is 4.58. The van der Waals surface area contributed by atoms with Gasteiger partial charge >= 0.3 is 5.97 Å². The van der Waals surface area contributed by atoms with Gasteiger partial charge in [0.1, 0.15) is 11.3 Å². The maximum absolute atomic E-state index is 12.9. The summed E-state index contributed by atoms with van der Waals surface area (Å²) in [4.78, 5) is 11.3. The van der Waals surface area contributed by atoms with Crippen molar-refractivity contribution in [3.8, 4) is 16.9 Å². The first-order chi connectivity index (χ1) is 14.2. The molecule has 0 aromatic heterocycles. The van der Waals surface area contributed by atoms with Gasteiger partial charge in [-0.25, -0.2) is 13.2 Å². The van der Waals surface area contributed by atoms with E-state index in [-0.39, 0.29) is 16.1 Å². The van der Waals surface area contributed by atoms with Gasteiger partial charge in [-0.1, -0.05) is 50.2 Å². The number of rotatable bonds is 7. The first-order valence-electron chi connectivity index (χ1n) is 9.45. The number of carboxylic acid groups (broad SMARTS) is 1. The highest BCUT2D eigenvalue weighted by Crippen LogP contribution is 2.29. The summed E-state index contributed by atoms with van der Waals surface area (Å²) < 4.78 is 28.3. The highest BCUT2D eigenvalue weighted by molar-refractivity contribution is 7.92. The molecular weight excluding hydrogens is 402 g/mol. The lowest BCUT2D eigenvalue weighted by molar-refractivity contribution is 0.0693. The summed E-state index contributed by atoms with van der Waals surface area (Å²) in [6, 6.07) is 18.3. The van der Waals surface area contributed by atoms with Gasteiger partial charge in [-0.05, 0) is 59.4 Å². The van der Waals surface area contributed by atoms with Crippen molar-refractivity contribution in [1.29, 1.82) is 0 Å². The fraction of sp³-hybridized carbons (Fsp3) is 0.174. The number of phenols is 1. The van der Waals surface area contributed by atoms with Gasteiger partial charge in [-0.3, -0.25) is 4.72 Å². The van der Waals surface area contributed by atoms with Crippen molar-refractivity contribution < 1.29 is 23.4 Å². The van der Waals surface area contributed by atoms with Crippen LogP contribution in [0.1, 0.15) is 29.8 Å². The fourth-order valence-corrected chi connectivity index (χ4v) is 4.33. The van der Waals surface area contributed by atoms with Crippen LogP contribution in [-0.4, -0.2) is 24.6 Å². The van der Waals surface area contributed by atoms with Crippen LogP contribution in [0.4, 0.5) is 5.69 Å². The number of sulfonamides is 1. The normalized spacial score (nSPS) is 11.4. The first-order valence-corrected chi connectivity index (χ1v) is 10.9. The lowest BCUT2D eigenvalue weighted by Gasteiger charge is -2.15. The Labute approximate surface area is 175 Å². The van der Waals surface area contributed by atoms with E-state index < -0.39 is 21.7 Å². The van der Waals surface area contributed by atoms with E-state index in [0.717, 1.165) is 28.8 Å². The molecule has 0 heterocycles. The van der Waals surface area contributed by atoms with E-state index in [0.29, 0.717) is 12.3 Å². The van der Waals surface area contributed by atoms with Crippen molar-refractivity contribution >= 4 is 21.7 Å². The number of carbonyl (C=O) groups is 1. The Morgan fingerprint density at radius 2 is 1.70 bits per heavy atom. The quantitative estimate of drug-likeness (QED) is 0.474. The first kappa shape index (κ1) is 21.4. The Hall–Kier alpha value is -3.32. The zero-order valence-corrected chi connectivity index (χ0v) is 17.5. The van der Waals surface area contributed by atoms with Gasteiger partial charge in [0, 0.05) is 5.69 Å². The number of benzene rings is 3. The molecule has 156 valence electrons. The molecule has 3 aromatic rings. The van der Waals surface area contributed by atoms with Crippen molar-refractivity contribution in [2.24, 2.45) is 5.92 Å². The molecular formula is C23H23NO5S. The van der Waals surface area contributed by atoms with Gasteiger partial charge in [0.15, 0.2) is 0 Å². The van der Waals surface area contributed by atoms with E-state index in [1.165, 1.54) is 12.1 Å². The minimum Gasteiger partial charge on any atom is -0.507 e. The summed E-state index contributed by atoms with van der Waals surface area (Å²) in [7, 11) is -3.95. The molecule has 7 heteroatoms. The van der Waals surface area contributed by atoms with Crippen LogP contribution in [0.15, 0.2) is 71.6 Å². The molecule has 0 saturated heterocycles. The van der Waals surface area contributed by atoms with Gasteiger partial charge in [-0.15, -0.1) is 0 Å². The van der Waals surface area contributed by atoms with Crippen LogP contribution in [0.3, 0.4) is 0 Å². The lowest BCUT2D eigenvalue weighted by Crippen LogP contribution is -2.14. The summed E-state index contributed by atoms with van der Waals surface area (Å²) >= 11 is 0. The van der Waals surface area contributed by atoms with Crippen LogP contribution in [0, 0.1) is 5.92 Å². The average Bonchev–Trinajstić information content (AvgIpc) is 2.69. The number of hydrogen-bond acceptors (Lipinski definition) is 4. The lowest BCUT2D eigenvalue weighted by atomic mass is 9.94. The van der Waals surface area contributed by atoms with Crippen molar-refractivity contribution in [2.45, 2.75) is 25.2 Å². The predicted molar refractivity (Wildman–Crippen MR) is 116 cm³/mol. The molecule has 0 bridgehead atoms. The summed E-state index contributed by atoms with van der Waals surface area (Å²) in [5.74, 6) is -1.45. The standard InChI is InChI=1S/C23H23NO5S/c1-15(2)12-17-13-19(9-10-20(17)16-6-4-3-5-7-16)30(28,29)24-18-8-11-22(25)21(14-18)23(26)27/h3-11,13-15,24-25H,12H2,1-2H3,(H,26,27). The van der Waals surface area contributed by atoms with Gasteiger partial charge < -0.3 is 10.2 Å². The molecule has 0 aliphatic heterocycles. The number of aromatic carboxylic acids is 1. The van der Waals surface area contributed by atoms with Gasteiger partial charge in [0.25, 0.3) is 10.0 Å². The molecule has 6 nitrogen and oxygen atoms in total. The largest absolute Gasteiger partial charge is 0.507 e. The molecule has 0 unspecified atom stereocenters. The third kappa shape index (κ3) is 4.80. The Bertz CT molecular complexity index is 1170. The fourth-order valence-electron chi connectivity index (χ4n) is 3.23. The smallest absolute Gasteiger partial charge is 0.339 e. The molecule has 0 aliphatic rings. The van der Waals surface area contributed by atoms with Crippen molar-refractivity contribution in [2.75, 3.05) is 4.72 Å². The van der Waals surface area contributed by atoms with Gasteiger partial charge in [0.2, 0.25) is 0 Å². The maximum atomic E-state index is 12.9. The van der Waals surface area contributed by atoms with E-state index in [9.17, 15) is 18.3 Å². The van der Waals surface area contributed by atoms with Crippen LogP contribution in [0.25, 0.3) is 11.1 Å². The summed E-state index contributed by atoms with van der Waals surface area (Å²) in [6.45, 7) is 4.14. The van der Waals surface area contributed by atoms with Gasteiger partial charge in [-0.2, -0.15) is 0 Å². The van der Waals surface area contributed by atoms with Gasteiger partial charge in [0.05, 0.1) is 4.90 Å². The van der Waals surface area contributed by atoms with Crippen molar-refractivity contribution in [3.05, 3.63) is 77.9 Å². The highest BCUT2D eigenvalue weighted by Gasteiger charge is 2.19. The SMILES string of the molecule is CC(C)Cc1cc(S(=O)(=O)Nc2ccc(O)c(C(=O)O)c2)ccc1-c1ccccc1. The van der Waals surface area contributed by atoms with E-state index in [1.54, 1.807) is 12.1 Å². The van der Waals surface area contributed by atoms with Crippen molar-refractivity contribution in [3.63, 3.8) is 0 Å². The number of nitrogens with one attached hydrogen (secondary N) is 1. The molecule has 3 N–H and O–H groups in total. The summed E-state index contributed by atoms with van der Waals surface area (Å²) in [5, 5.41) is 18.7. The number of hydrogen-bond donors (Lipinski definition) is 3.